The zero-order valence-electron chi connectivity index (χ0n) is 18.2. The van der Waals surface area contributed by atoms with Crippen molar-refractivity contribution in [1.29, 1.82) is 0 Å². The first-order chi connectivity index (χ1) is 13.1. The Labute approximate surface area is 166 Å². The third kappa shape index (κ3) is 14.4. The van der Waals surface area contributed by atoms with Gasteiger partial charge in [0, 0.05) is 31.3 Å². The van der Waals surface area contributed by atoms with E-state index in [0.717, 1.165) is 64.2 Å². The molecule has 0 rings (SSSR count). The van der Waals surface area contributed by atoms with Crippen LogP contribution in [0.5, 0.6) is 0 Å². The predicted molar refractivity (Wildman–Crippen MR) is 109 cm³/mol. The average molecular weight is 392 g/mol. The van der Waals surface area contributed by atoms with E-state index >= 15 is 0 Å². The highest BCUT2D eigenvalue weighted by atomic mass is 17.1. The maximum absolute atomic E-state index is 12.2. The fourth-order valence-electron chi connectivity index (χ4n) is 3.36. The Morgan fingerprint density at radius 3 is 1.33 bits per heavy atom. The monoisotopic (exact) mass is 391 g/mol. The minimum absolute atomic E-state index is 0.126. The Morgan fingerprint density at radius 1 is 0.593 bits per heavy atom. The van der Waals surface area contributed by atoms with E-state index in [1.165, 1.54) is 25.7 Å². The van der Waals surface area contributed by atoms with Crippen molar-refractivity contribution < 1.29 is 20.3 Å². The summed E-state index contributed by atoms with van der Waals surface area (Å²) in [5.74, 6) is 0. The Morgan fingerprint density at radius 2 is 1.00 bits per heavy atom. The summed E-state index contributed by atoms with van der Waals surface area (Å²) >= 11 is 0. The van der Waals surface area contributed by atoms with Gasteiger partial charge in [0.25, 0.3) is 0 Å². The van der Waals surface area contributed by atoms with Gasteiger partial charge in [-0.2, -0.15) is 10.5 Å². The number of rotatable bonds is 20. The maximum atomic E-state index is 12.2. The van der Waals surface area contributed by atoms with Crippen molar-refractivity contribution in [3.63, 3.8) is 0 Å². The normalized spacial score (nSPS) is 16.2. The van der Waals surface area contributed by atoms with Gasteiger partial charge in [-0.05, 0) is 12.8 Å². The molecule has 4 atom stereocenters. The summed E-state index contributed by atoms with van der Waals surface area (Å²) < 4.78 is 0. The van der Waals surface area contributed by atoms with Gasteiger partial charge in [-0.3, -0.25) is 0 Å². The predicted octanol–water partition coefficient (Wildman–Crippen LogP) is 3.31. The van der Waals surface area contributed by atoms with Gasteiger partial charge in [0.15, 0.2) is 0 Å². The zero-order valence-corrected chi connectivity index (χ0v) is 18.2. The fraction of sp³-hybridized carbons (Fsp3) is 1.00. The lowest BCUT2D eigenvalue weighted by Gasteiger charge is -2.30. The van der Waals surface area contributed by atoms with Crippen LogP contribution >= 0.6 is 0 Å². The molecule has 0 saturated carbocycles. The van der Waals surface area contributed by atoms with Crippen molar-refractivity contribution in [3.8, 4) is 0 Å². The maximum Gasteiger partial charge on any atom is 0.119 e. The van der Waals surface area contributed by atoms with Gasteiger partial charge in [0.05, 0.1) is 0 Å². The lowest BCUT2D eigenvalue weighted by Crippen LogP contribution is -3.15. The van der Waals surface area contributed by atoms with E-state index in [2.05, 4.69) is 33.3 Å². The van der Waals surface area contributed by atoms with Gasteiger partial charge < -0.3 is 10.4 Å². The molecule has 3 N–H and O–H groups in total. The van der Waals surface area contributed by atoms with Crippen LogP contribution in [0, 0.1) is 10.4 Å². The molecule has 0 heterocycles. The van der Waals surface area contributed by atoms with Crippen LogP contribution in [0.15, 0.2) is 0 Å². The standard InChI is InChI=1S/C20H45N3O4/c1-5-9-11-13-17-19(15-7-3)22(24)26-21-27-23(25)20(16-8-4)18-14-12-10-6-2/h19-23H,5-18H2,1-4H3/t19-,20+. The molecular weight excluding hydrogens is 346 g/mol. The molecule has 0 aliphatic heterocycles. The van der Waals surface area contributed by atoms with Crippen LogP contribution in [0.25, 0.3) is 0 Å². The number of hydroxylamine groups is 4. The number of quaternary nitrogens is 2. The van der Waals surface area contributed by atoms with E-state index in [1.54, 1.807) is 0 Å². The third-order valence-corrected chi connectivity index (χ3v) is 5.04. The molecule has 0 spiro atoms. The summed E-state index contributed by atoms with van der Waals surface area (Å²) in [5, 5.41) is 23.8. The molecule has 0 amide bonds. The topological polar surface area (TPSA) is 85.5 Å². The van der Waals surface area contributed by atoms with Crippen LogP contribution in [-0.2, 0) is 9.88 Å². The molecule has 7 nitrogen and oxygen atoms in total. The first kappa shape index (κ1) is 26.7. The zero-order chi connectivity index (χ0) is 20.3. The largest absolute Gasteiger partial charge is 0.598 e. The van der Waals surface area contributed by atoms with Crippen LogP contribution in [0.3, 0.4) is 0 Å². The van der Waals surface area contributed by atoms with E-state index < -0.39 is 0 Å². The number of hydrogen-bond donors (Lipinski definition) is 3. The second-order valence-corrected chi connectivity index (χ2v) is 7.60. The lowest BCUT2D eigenvalue weighted by atomic mass is 10.0. The van der Waals surface area contributed by atoms with E-state index in [4.69, 9.17) is 9.88 Å². The Kier molecular flexibility index (Phi) is 18.9. The molecule has 0 saturated heterocycles. The summed E-state index contributed by atoms with van der Waals surface area (Å²) in [6.45, 7) is 8.47. The van der Waals surface area contributed by atoms with E-state index in [9.17, 15) is 10.4 Å². The molecule has 0 aromatic heterocycles. The Hall–Kier alpha value is -0.280. The summed E-state index contributed by atoms with van der Waals surface area (Å²) in [6.07, 6.45) is 14.2. The molecule has 27 heavy (non-hydrogen) atoms. The van der Waals surface area contributed by atoms with Gasteiger partial charge in [-0.15, -0.1) is 0 Å². The lowest BCUT2D eigenvalue weighted by molar-refractivity contribution is -1.14. The molecule has 0 bridgehead atoms. The summed E-state index contributed by atoms with van der Waals surface area (Å²) in [6, 6.07) is -0.253. The van der Waals surface area contributed by atoms with Gasteiger partial charge in [0.2, 0.25) is 0 Å². The number of nitrogens with one attached hydrogen (secondary N) is 3. The number of unbranched alkanes of at least 4 members (excludes halogenated alkanes) is 6. The van der Waals surface area contributed by atoms with E-state index in [1.807, 2.05) is 0 Å². The summed E-state index contributed by atoms with van der Waals surface area (Å²) in [5.41, 5.74) is 2.17. The Bertz CT molecular complexity index is 283. The molecule has 0 aromatic rings. The molecule has 0 aromatic carbocycles. The van der Waals surface area contributed by atoms with Crippen molar-refractivity contribution in [2.24, 2.45) is 0 Å². The van der Waals surface area contributed by atoms with Crippen LogP contribution in [0.4, 0.5) is 0 Å². The van der Waals surface area contributed by atoms with Gasteiger partial charge in [-0.25, -0.2) is 0 Å². The third-order valence-electron chi connectivity index (χ3n) is 5.04. The van der Waals surface area contributed by atoms with E-state index in [-0.39, 0.29) is 22.5 Å². The molecule has 7 heteroatoms. The van der Waals surface area contributed by atoms with Crippen LogP contribution in [-0.4, -0.2) is 12.1 Å². The smallest absolute Gasteiger partial charge is 0.119 e. The average Bonchev–Trinajstić information content (AvgIpc) is 2.66. The molecule has 0 aliphatic carbocycles. The minimum Gasteiger partial charge on any atom is -0.598 e. The summed E-state index contributed by atoms with van der Waals surface area (Å²) in [4.78, 5) is 10.0. The Balaban J connectivity index is 4.19. The molecule has 2 unspecified atom stereocenters. The second kappa shape index (κ2) is 19.1. The highest BCUT2D eigenvalue weighted by Crippen LogP contribution is 2.08. The first-order valence-electron chi connectivity index (χ1n) is 11.3. The SMILES string of the molecule is CCCCCC[C@@H](CCC)[NH+]([O-])ONO[NH+]([O-])[C@@H](CCC)CCCCCC. The minimum atomic E-state index is -0.323. The van der Waals surface area contributed by atoms with Crippen LogP contribution in [0.2, 0.25) is 0 Å². The highest BCUT2D eigenvalue weighted by molar-refractivity contribution is 4.56. The first-order valence-corrected chi connectivity index (χ1v) is 11.3. The molecule has 0 fully saturated rings. The second-order valence-electron chi connectivity index (χ2n) is 7.60. The van der Waals surface area contributed by atoms with Crippen molar-refractivity contribution in [1.82, 2.24) is 5.64 Å². The van der Waals surface area contributed by atoms with Crippen molar-refractivity contribution >= 4 is 0 Å². The molecule has 0 radical (unpaired) electrons. The molecule has 0 aliphatic rings. The highest BCUT2D eigenvalue weighted by Gasteiger charge is 2.19. The van der Waals surface area contributed by atoms with Crippen LogP contribution in [0.1, 0.15) is 118 Å². The van der Waals surface area contributed by atoms with Crippen LogP contribution < -0.4 is 16.1 Å². The fourth-order valence-corrected chi connectivity index (χ4v) is 3.36. The van der Waals surface area contributed by atoms with Gasteiger partial charge in [0.1, 0.15) is 12.1 Å². The van der Waals surface area contributed by atoms with Crippen molar-refractivity contribution in [3.05, 3.63) is 10.4 Å². The molecular formula is C20H45N3O4. The van der Waals surface area contributed by atoms with Gasteiger partial charge >= 0.3 is 0 Å². The van der Waals surface area contributed by atoms with Crippen molar-refractivity contribution in [2.45, 2.75) is 130 Å². The van der Waals surface area contributed by atoms with E-state index in [0.29, 0.717) is 0 Å². The quantitative estimate of drug-likeness (QED) is 0.219. The summed E-state index contributed by atoms with van der Waals surface area (Å²) in [7, 11) is 0. The van der Waals surface area contributed by atoms with Gasteiger partial charge in [-0.1, -0.05) is 88.9 Å². The van der Waals surface area contributed by atoms with Crippen molar-refractivity contribution in [2.75, 3.05) is 0 Å². The number of hydrogen-bond acceptors (Lipinski definition) is 5. The molecule has 164 valence electrons.